The van der Waals surface area contributed by atoms with E-state index in [2.05, 4.69) is 4.74 Å². The maximum absolute atomic E-state index is 11.7. The lowest BCUT2D eigenvalue weighted by atomic mass is 10.1. The average Bonchev–Trinajstić information content (AvgIpc) is 2.47. The Hall–Kier alpha value is -2.34. The second kappa shape index (κ2) is 7.44. The Morgan fingerprint density at radius 3 is 2.19 bits per heavy atom. The monoisotopic (exact) mass is 312 g/mol. The normalized spacial score (nSPS) is 11.4. The number of benzene rings is 1. The molecule has 1 N–H and O–H groups in total. The lowest BCUT2D eigenvalue weighted by Gasteiger charge is -2.08. The highest BCUT2D eigenvalue weighted by Crippen LogP contribution is 2.21. The first-order valence-electron chi connectivity index (χ1n) is 5.91. The van der Waals surface area contributed by atoms with Crippen LogP contribution in [0.2, 0.25) is 0 Å². The molecule has 0 amide bonds. The summed E-state index contributed by atoms with van der Waals surface area (Å²) >= 11 is 5.08. The van der Waals surface area contributed by atoms with E-state index >= 15 is 0 Å². The van der Waals surface area contributed by atoms with E-state index < -0.39 is 28.3 Å². The van der Waals surface area contributed by atoms with Gasteiger partial charge >= 0.3 is 5.97 Å². The van der Waals surface area contributed by atoms with Gasteiger partial charge in [-0.3, -0.25) is 9.59 Å². The summed E-state index contributed by atoms with van der Waals surface area (Å²) in [5, 5.41) is 8.68. The molecule has 0 heterocycles. The molecule has 7 heteroatoms. The number of aliphatic hydroxyl groups is 1. The van der Waals surface area contributed by atoms with Gasteiger partial charge in [0.1, 0.15) is 11.5 Å². The number of rotatable bonds is 6. The number of hydrogen-bond acceptors (Lipinski definition) is 6. The molecule has 0 saturated heterocycles. The zero-order chi connectivity index (χ0) is 16.0. The van der Waals surface area contributed by atoms with Crippen LogP contribution in [-0.2, 0) is 19.1 Å². The van der Waals surface area contributed by atoms with Gasteiger partial charge in [-0.05, 0) is 42.8 Å². The predicted molar refractivity (Wildman–Crippen MR) is 75.0 cm³/mol. The molecule has 0 aliphatic carbocycles. The molecular formula is C14H13ClO6. The van der Waals surface area contributed by atoms with Gasteiger partial charge in [0.05, 0.1) is 13.7 Å². The highest BCUT2D eigenvalue weighted by molar-refractivity contribution is 6.84. The predicted octanol–water partition coefficient (Wildman–Crippen LogP) is 1.86. The third kappa shape index (κ3) is 4.06. The largest absolute Gasteiger partial charge is 0.506 e. The summed E-state index contributed by atoms with van der Waals surface area (Å²) in [6, 6.07) is 5.86. The minimum absolute atomic E-state index is 0.0258. The number of carbonyl (C=O) groups is 3. The zero-order valence-electron chi connectivity index (χ0n) is 11.4. The van der Waals surface area contributed by atoms with Gasteiger partial charge in [0, 0.05) is 5.56 Å². The Balaban J connectivity index is 3.33. The van der Waals surface area contributed by atoms with E-state index in [9.17, 15) is 19.5 Å². The van der Waals surface area contributed by atoms with Crippen molar-refractivity contribution in [1.29, 1.82) is 0 Å². The van der Waals surface area contributed by atoms with Crippen molar-refractivity contribution in [2.75, 3.05) is 13.7 Å². The van der Waals surface area contributed by atoms with Crippen LogP contribution in [0, 0.1) is 0 Å². The minimum atomic E-state index is -1.39. The standard InChI is InChI=1S/C14H13ClO6/c1-3-21-14(19)10(12(17)13(15)18)11(16)8-4-6-9(20-2)7-5-8/h4-7,16H,3H2,1-2H3. The van der Waals surface area contributed by atoms with Crippen LogP contribution in [0.25, 0.3) is 5.76 Å². The number of esters is 1. The van der Waals surface area contributed by atoms with Crippen molar-refractivity contribution < 1.29 is 29.0 Å². The number of carbonyl (C=O) groups excluding carboxylic acids is 3. The van der Waals surface area contributed by atoms with E-state index in [0.717, 1.165) is 0 Å². The third-order valence-corrected chi connectivity index (χ3v) is 2.66. The van der Waals surface area contributed by atoms with E-state index in [-0.39, 0.29) is 12.2 Å². The molecular weight excluding hydrogens is 300 g/mol. The Kier molecular flexibility index (Phi) is 5.92. The van der Waals surface area contributed by atoms with Crippen molar-refractivity contribution in [1.82, 2.24) is 0 Å². The van der Waals surface area contributed by atoms with Crippen molar-refractivity contribution in [3.05, 3.63) is 35.4 Å². The number of hydrogen-bond donors (Lipinski definition) is 1. The molecule has 0 unspecified atom stereocenters. The van der Waals surface area contributed by atoms with Gasteiger partial charge in [0.15, 0.2) is 5.57 Å². The summed E-state index contributed by atoms with van der Waals surface area (Å²) in [6.07, 6.45) is 0. The van der Waals surface area contributed by atoms with Crippen LogP contribution >= 0.6 is 11.6 Å². The van der Waals surface area contributed by atoms with Crippen LogP contribution in [0.4, 0.5) is 0 Å². The second-order valence-corrected chi connectivity index (χ2v) is 4.12. The van der Waals surface area contributed by atoms with Gasteiger partial charge in [-0.1, -0.05) is 0 Å². The molecule has 0 aliphatic rings. The summed E-state index contributed by atoms with van der Waals surface area (Å²) in [4.78, 5) is 34.4. The van der Waals surface area contributed by atoms with Crippen molar-refractivity contribution in [3.8, 4) is 5.75 Å². The van der Waals surface area contributed by atoms with E-state index in [1.807, 2.05) is 0 Å². The Morgan fingerprint density at radius 1 is 1.19 bits per heavy atom. The molecule has 1 aromatic rings. The van der Waals surface area contributed by atoms with Gasteiger partial charge in [-0.15, -0.1) is 0 Å². The number of aliphatic hydroxyl groups excluding tert-OH is 1. The molecule has 0 bridgehead atoms. The van der Waals surface area contributed by atoms with Crippen molar-refractivity contribution in [3.63, 3.8) is 0 Å². The van der Waals surface area contributed by atoms with Gasteiger partial charge in [-0.2, -0.15) is 0 Å². The molecule has 21 heavy (non-hydrogen) atoms. The Morgan fingerprint density at radius 2 is 1.76 bits per heavy atom. The van der Waals surface area contributed by atoms with E-state index in [1.165, 1.54) is 38.3 Å². The number of methoxy groups -OCH3 is 1. The summed E-state index contributed by atoms with van der Waals surface area (Å²) in [5.74, 6) is -2.62. The molecule has 1 rings (SSSR count). The first-order valence-corrected chi connectivity index (χ1v) is 6.29. The summed E-state index contributed by atoms with van der Waals surface area (Å²) in [6.45, 7) is 1.49. The first-order chi connectivity index (χ1) is 9.92. The van der Waals surface area contributed by atoms with Crippen LogP contribution < -0.4 is 4.74 Å². The number of ether oxygens (including phenoxy) is 2. The lowest BCUT2D eigenvalue weighted by Crippen LogP contribution is -2.22. The van der Waals surface area contributed by atoms with Crippen molar-refractivity contribution >= 4 is 34.4 Å². The van der Waals surface area contributed by atoms with Crippen LogP contribution in [0.3, 0.4) is 0 Å². The third-order valence-electron chi connectivity index (χ3n) is 2.49. The first kappa shape index (κ1) is 16.7. The Labute approximate surface area is 125 Å². The van der Waals surface area contributed by atoms with Gasteiger partial charge in [0.2, 0.25) is 0 Å². The van der Waals surface area contributed by atoms with Crippen LogP contribution in [0.1, 0.15) is 12.5 Å². The highest BCUT2D eigenvalue weighted by atomic mass is 35.5. The number of halogens is 1. The van der Waals surface area contributed by atoms with Crippen molar-refractivity contribution in [2.24, 2.45) is 0 Å². The molecule has 0 atom stereocenters. The molecule has 0 fully saturated rings. The fourth-order valence-electron chi connectivity index (χ4n) is 1.49. The van der Waals surface area contributed by atoms with Crippen LogP contribution in [0.15, 0.2) is 29.8 Å². The van der Waals surface area contributed by atoms with E-state index in [0.29, 0.717) is 5.75 Å². The number of ketones is 1. The second-order valence-electron chi connectivity index (χ2n) is 3.78. The fourth-order valence-corrected chi connectivity index (χ4v) is 1.59. The fraction of sp³-hybridized carbons (Fsp3) is 0.214. The molecule has 6 nitrogen and oxygen atoms in total. The minimum Gasteiger partial charge on any atom is -0.506 e. The summed E-state index contributed by atoms with van der Waals surface area (Å²) in [5.41, 5.74) is -0.660. The summed E-state index contributed by atoms with van der Waals surface area (Å²) < 4.78 is 9.60. The molecule has 0 spiro atoms. The van der Waals surface area contributed by atoms with E-state index in [1.54, 1.807) is 0 Å². The lowest BCUT2D eigenvalue weighted by molar-refractivity contribution is -0.141. The maximum atomic E-state index is 11.7. The van der Waals surface area contributed by atoms with Crippen molar-refractivity contribution in [2.45, 2.75) is 6.92 Å². The highest BCUT2D eigenvalue weighted by Gasteiger charge is 2.29. The van der Waals surface area contributed by atoms with Gasteiger partial charge < -0.3 is 14.6 Å². The molecule has 0 aromatic heterocycles. The Bertz CT molecular complexity index is 588. The quantitative estimate of drug-likeness (QED) is 0.164. The molecule has 0 radical (unpaired) electrons. The van der Waals surface area contributed by atoms with E-state index in [4.69, 9.17) is 16.3 Å². The molecule has 1 aromatic carbocycles. The topological polar surface area (TPSA) is 89.9 Å². The number of Topliss-reactive ketones (excluding diaryl/α,β-unsaturated/α-hetero) is 1. The van der Waals surface area contributed by atoms with Crippen LogP contribution in [0.5, 0.6) is 5.75 Å². The van der Waals surface area contributed by atoms with Gasteiger partial charge in [0.25, 0.3) is 11.0 Å². The van der Waals surface area contributed by atoms with Gasteiger partial charge in [-0.25, -0.2) is 4.79 Å². The maximum Gasteiger partial charge on any atom is 0.346 e. The van der Waals surface area contributed by atoms with Crippen LogP contribution in [-0.4, -0.2) is 35.8 Å². The zero-order valence-corrected chi connectivity index (χ0v) is 12.1. The molecule has 112 valence electrons. The molecule has 0 saturated carbocycles. The summed E-state index contributed by atoms with van der Waals surface area (Å²) in [7, 11) is 1.46. The average molecular weight is 313 g/mol. The smallest absolute Gasteiger partial charge is 0.346 e. The molecule has 0 aliphatic heterocycles. The SMILES string of the molecule is CCOC(=O)C(C(=O)C(=O)Cl)=C(O)c1ccc(OC)cc1.